The van der Waals surface area contributed by atoms with Crippen molar-refractivity contribution in [2.45, 2.75) is 31.3 Å². The predicted octanol–water partition coefficient (Wildman–Crippen LogP) is 5.76. The molecule has 0 radical (unpaired) electrons. The number of halogens is 2. The molecule has 0 aliphatic carbocycles. The molecular formula is C22H19Cl2N3O. The monoisotopic (exact) mass is 411 g/mol. The zero-order chi connectivity index (χ0) is 19.3. The summed E-state index contributed by atoms with van der Waals surface area (Å²) >= 11 is 12.8. The third-order valence-electron chi connectivity index (χ3n) is 5.73. The Bertz CT molecular complexity index is 1080. The standard InChI is InChI=1S/C22H19Cl2N3O/c23-14-7-8-18-15(11-14)20(27-9-3-6-21(27)28)12-19(25-18)16-10-13-4-1-2-5-17(13)26-22(16)24/h1-2,4-5,7-8,10-11,19-20,25H,3,6,9,12H2/t19-,20?/m0/s1. The summed E-state index contributed by atoms with van der Waals surface area (Å²) in [5, 5.41) is 5.83. The molecule has 1 N–H and O–H groups in total. The minimum Gasteiger partial charge on any atom is -0.378 e. The quantitative estimate of drug-likeness (QED) is 0.544. The lowest BCUT2D eigenvalue weighted by molar-refractivity contribution is -0.130. The molecule has 3 aromatic rings. The van der Waals surface area contributed by atoms with Crippen LogP contribution in [0, 0.1) is 0 Å². The van der Waals surface area contributed by atoms with E-state index in [0.717, 1.165) is 47.1 Å². The molecule has 6 heteroatoms. The number of carbonyl (C=O) groups is 1. The first-order valence-corrected chi connectivity index (χ1v) is 10.3. The Morgan fingerprint density at radius 2 is 1.93 bits per heavy atom. The van der Waals surface area contributed by atoms with Crippen molar-refractivity contribution < 1.29 is 4.79 Å². The third kappa shape index (κ3) is 3.01. The Morgan fingerprint density at radius 1 is 1.07 bits per heavy atom. The smallest absolute Gasteiger partial charge is 0.223 e. The Balaban J connectivity index is 1.59. The molecule has 0 bridgehead atoms. The first-order chi connectivity index (χ1) is 13.6. The van der Waals surface area contributed by atoms with Crippen molar-refractivity contribution >= 4 is 45.7 Å². The number of anilines is 1. The average Bonchev–Trinajstić information content (AvgIpc) is 3.12. The summed E-state index contributed by atoms with van der Waals surface area (Å²) in [6.45, 7) is 0.784. The second-order valence-corrected chi connectivity index (χ2v) is 8.23. The number of nitrogens with one attached hydrogen (secondary N) is 1. The summed E-state index contributed by atoms with van der Waals surface area (Å²) < 4.78 is 0. The van der Waals surface area contributed by atoms with Gasteiger partial charge in [0.25, 0.3) is 0 Å². The minimum atomic E-state index is -0.0309. The maximum Gasteiger partial charge on any atom is 0.223 e. The van der Waals surface area contributed by atoms with Gasteiger partial charge >= 0.3 is 0 Å². The molecule has 2 atom stereocenters. The van der Waals surface area contributed by atoms with Crippen molar-refractivity contribution in [2.75, 3.05) is 11.9 Å². The molecule has 2 aliphatic heterocycles. The van der Waals surface area contributed by atoms with Gasteiger partial charge in [-0.1, -0.05) is 41.4 Å². The Hall–Kier alpha value is -2.30. The summed E-state index contributed by atoms with van der Waals surface area (Å²) in [5.41, 5.74) is 3.90. The number of amides is 1. The van der Waals surface area contributed by atoms with Gasteiger partial charge in [0.15, 0.2) is 0 Å². The van der Waals surface area contributed by atoms with Gasteiger partial charge in [-0.25, -0.2) is 4.98 Å². The van der Waals surface area contributed by atoms with Gasteiger partial charge in [-0.15, -0.1) is 0 Å². The highest BCUT2D eigenvalue weighted by molar-refractivity contribution is 6.31. The van der Waals surface area contributed by atoms with Crippen LogP contribution in [-0.4, -0.2) is 22.3 Å². The molecule has 2 aromatic carbocycles. The Labute approximate surface area is 173 Å². The number of carbonyl (C=O) groups excluding carboxylic acids is 1. The number of hydrogen-bond acceptors (Lipinski definition) is 3. The van der Waals surface area contributed by atoms with Gasteiger partial charge < -0.3 is 10.2 Å². The predicted molar refractivity (Wildman–Crippen MR) is 113 cm³/mol. The van der Waals surface area contributed by atoms with Crippen molar-refractivity contribution in [3.8, 4) is 0 Å². The minimum absolute atomic E-state index is 0.0162. The summed E-state index contributed by atoms with van der Waals surface area (Å²) in [7, 11) is 0. The first kappa shape index (κ1) is 17.8. The van der Waals surface area contributed by atoms with Crippen molar-refractivity contribution in [1.82, 2.24) is 9.88 Å². The number of para-hydroxylation sites is 1. The van der Waals surface area contributed by atoms with Gasteiger partial charge in [-0.2, -0.15) is 0 Å². The molecule has 5 rings (SSSR count). The van der Waals surface area contributed by atoms with Crippen molar-refractivity contribution in [2.24, 2.45) is 0 Å². The van der Waals surface area contributed by atoms with Gasteiger partial charge in [0.05, 0.1) is 17.6 Å². The summed E-state index contributed by atoms with van der Waals surface area (Å²) in [4.78, 5) is 19.1. The molecule has 1 unspecified atom stereocenters. The highest BCUT2D eigenvalue weighted by Gasteiger charge is 2.36. The molecule has 1 fully saturated rings. The van der Waals surface area contributed by atoms with Crippen LogP contribution in [0.2, 0.25) is 10.2 Å². The number of nitrogens with zero attached hydrogens (tertiary/aromatic N) is 2. The molecule has 142 valence electrons. The number of benzene rings is 2. The fourth-order valence-electron chi connectivity index (χ4n) is 4.39. The Kier molecular flexibility index (Phi) is 4.41. The lowest BCUT2D eigenvalue weighted by Gasteiger charge is -2.38. The molecule has 1 amide bonds. The second kappa shape index (κ2) is 6.94. The van der Waals surface area contributed by atoms with Gasteiger partial charge in [-0.05, 0) is 48.7 Å². The zero-order valence-electron chi connectivity index (χ0n) is 15.2. The van der Waals surface area contributed by atoms with Crippen molar-refractivity contribution in [3.05, 3.63) is 69.8 Å². The van der Waals surface area contributed by atoms with Crippen LogP contribution in [0.15, 0.2) is 48.5 Å². The molecule has 1 saturated heterocycles. The van der Waals surface area contributed by atoms with E-state index in [0.29, 0.717) is 16.6 Å². The van der Waals surface area contributed by atoms with Crippen LogP contribution in [0.1, 0.15) is 42.5 Å². The molecule has 1 aromatic heterocycles. The van der Waals surface area contributed by atoms with E-state index in [9.17, 15) is 4.79 Å². The number of fused-ring (bicyclic) bond motifs is 2. The number of hydrogen-bond donors (Lipinski definition) is 1. The molecule has 3 heterocycles. The van der Waals surface area contributed by atoms with Gasteiger partial charge in [0, 0.05) is 34.6 Å². The lowest BCUT2D eigenvalue weighted by Crippen LogP contribution is -2.35. The maximum absolute atomic E-state index is 12.5. The maximum atomic E-state index is 12.5. The molecule has 2 aliphatic rings. The van der Waals surface area contributed by atoms with Crippen LogP contribution in [0.3, 0.4) is 0 Å². The average molecular weight is 412 g/mol. The van der Waals surface area contributed by atoms with Crippen LogP contribution >= 0.6 is 23.2 Å². The van der Waals surface area contributed by atoms with Crippen molar-refractivity contribution in [1.29, 1.82) is 0 Å². The SMILES string of the molecule is O=C1CCCN1C1C[C@@H](c2cc3ccccc3nc2Cl)Nc2ccc(Cl)cc21. The van der Waals surface area contributed by atoms with E-state index in [-0.39, 0.29) is 18.0 Å². The lowest BCUT2D eigenvalue weighted by atomic mass is 9.88. The number of rotatable bonds is 2. The molecule has 0 saturated carbocycles. The fraction of sp³-hybridized carbons (Fsp3) is 0.273. The topological polar surface area (TPSA) is 45.2 Å². The summed E-state index contributed by atoms with van der Waals surface area (Å²) in [6.07, 6.45) is 2.25. The van der Waals surface area contributed by atoms with E-state index in [2.05, 4.69) is 16.4 Å². The summed E-state index contributed by atoms with van der Waals surface area (Å²) in [6, 6.07) is 15.8. The van der Waals surface area contributed by atoms with E-state index < -0.39 is 0 Å². The summed E-state index contributed by atoms with van der Waals surface area (Å²) in [5.74, 6) is 0.208. The van der Waals surface area contributed by atoms with E-state index in [1.165, 1.54) is 0 Å². The van der Waals surface area contributed by atoms with Crippen LogP contribution in [-0.2, 0) is 4.79 Å². The van der Waals surface area contributed by atoms with Gasteiger partial charge in [0.2, 0.25) is 5.91 Å². The highest BCUT2D eigenvalue weighted by atomic mass is 35.5. The largest absolute Gasteiger partial charge is 0.378 e. The van der Waals surface area contributed by atoms with Gasteiger partial charge in [0.1, 0.15) is 5.15 Å². The third-order valence-corrected chi connectivity index (χ3v) is 6.27. The van der Waals surface area contributed by atoms with E-state index in [4.69, 9.17) is 23.2 Å². The van der Waals surface area contributed by atoms with Crippen molar-refractivity contribution in [3.63, 3.8) is 0 Å². The van der Waals surface area contributed by atoms with Crippen LogP contribution in [0.25, 0.3) is 10.9 Å². The normalized spacial score (nSPS) is 21.6. The second-order valence-electron chi connectivity index (χ2n) is 7.43. The molecule has 28 heavy (non-hydrogen) atoms. The van der Waals surface area contributed by atoms with Gasteiger partial charge in [-0.3, -0.25) is 4.79 Å². The van der Waals surface area contributed by atoms with Crippen LogP contribution in [0.4, 0.5) is 5.69 Å². The number of pyridine rings is 1. The first-order valence-electron chi connectivity index (χ1n) is 9.51. The Morgan fingerprint density at radius 3 is 2.75 bits per heavy atom. The molecule has 0 spiro atoms. The van der Waals surface area contributed by atoms with E-state index >= 15 is 0 Å². The number of likely N-dealkylation sites (tertiary alicyclic amines) is 1. The van der Waals surface area contributed by atoms with Crippen LogP contribution in [0.5, 0.6) is 0 Å². The van der Waals surface area contributed by atoms with Crippen LogP contribution < -0.4 is 5.32 Å². The van der Waals surface area contributed by atoms with E-state index in [1.54, 1.807) is 0 Å². The highest BCUT2D eigenvalue weighted by Crippen LogP contribution is 2.45. The number of aromatic nitrogens is 1. The van der Waals surface area contributed by atoms with E-state index in [1.807, 2.05) is 47.4 Å². The molecular weight excluding hydrogens is 393 g/mol. The zero-order valence-corrected chi connectivity index (χ0v) is 16.7. The fourth-order valence-corrected chi connectivity index (χ4v) is 4.85. The molecule has 4 nitrogen and oxygen atoms in total.